The summed E-state index contributed by atoms with van der Waals surface area (Å²) in [5.74, 6) is 0. The molecular weight excluding hydrogens is 362 g/mol. The normalized spacial score (nSPS) is 11.8. The van der Waals surface area contributed by atoms with Gasteiger partial charge in [0.05, 0.1) is 11.4 Å². The van der Waals surface area contributed by atoms with Gasteiger partial charge in [0.2, 0.25) is 0 Å². The maximum Gasteiger partial charge on any atom is 0.301 e. The van der Waals surface area contributed by atoms with Crippen LogP contribution in [0.2, 0.25) is 0 Å². The molecule has 0 radical (unpaired) electrons. The van der Waals surface area contributed by atoms with Crippen LogP contribution in [-0.4, -0.2) is 26.8 Å². The molecule has 3 N–H and O–H groups in total. The molecule has 0 unspecified atom stereocenters. The number of benzene rings is 1. The van der Waals surface area contributed by atoms with Crippen LogP contribution in [0.3, 0.4) is 0 Å². The van der Waals surface area contributed by atoms with Crippen molar-refractivity contribution in [2.24, 2.45) is 0 Å². The lowest BCUT2D eigenvalue weighted by Crippen LogP contribution is -2.29. The lowest BCUT2D eigenvalue weighted by atomic mass is 10.3. The van der Waals surface area contributed by atoms with Crippen LogP contribution in [0.25, 0.3) is 0 Å². The fraction of sp³-hybridized carbons (Fsp3) is 0.250. The molecule has 0 aliphatic heterocycles. The van der Waals surface area contributed by atoms with E-state index in [1.165, 1.54) is 14.1 Å². The van der Waals surface area contributed by atoms with Crippen molar-refractivity contribution >= 4 is 53.4 Å². The molecule has 0 aliphatic rings. The molecule has 1 aromatic carbocycles. The van der Waals surface area contributed by atoms with Crippen LogP contribution in [0.5, 0.6) is 0 Å². The first-order chi connectivity index (χ1) is 7.24. The summed E-state index contributed by atoms with van der Waals surface area (Å²) in [6, 6.07) is 3.34. The van der Waals surface area contributed by atoms with Gasteiger partial charge in [0, 0.05) is 23.0 Å². The van der Waals surface area contributed by atoms with E-state index in [-0.39, 0.29) is 0 Å². The van der Waals surface area contributed by atoms with Gasteiger partial charge in [-0.15, -0.1) is 0 Å². The quantitative estimate of drug-likeness (QED) is 0.797. The second-order valence-corrected chi connectivity index (χ2v) is 6.90. The monoisotopic (exact) mass is 371 g/mol. The summed E-state index contributed by atoms with van der Waals surface area (Å²) in [6.07, 6.45) is 0. The minimum Gasteiger partial charge on any atom is -0.397 e. The van der Waals surface area contributed by atoms with E-state index >= 15 is 0 Å². The molecule has 0 aliphatic carbocycles. The summed E-state index contributed by atoms with van der Waals surface area (Å²) in [5, 5.41) is 0. The molecule has 1 rings (SSSR count). The Labute approximate surface area is 111 Å². The molecule has 0 atom stereocenters. The summed E-state index contributed by atoms with van der Waals surface area (Å²) >= 11 is 6.50. The molecule has 0 amide bonds. The highest BCUT2D eigenvalue weighted by Crippen LogP contribution is 2.33. The van der Waals surface area contributed by atoms with Crippen LogP contribution in [0.4, 0.5) is 11.4 Å². The van der Waals surface area contributed by atoms with Gasteiger partial charge in [-0.25, -0.2) is 0 Å². The first kappa shape index (κ1) is 13.8. The summed E-state index contributed by atoms with van der Waals surface area (Å²) in [7, 11) is -0.679. The highest BCUT2D eigenvalue weighted by atomic mass is 79.9. The van der Waals surface area contributed by atoms with Gasteiger partial charge >= 0.3 is 10.2 Å². The third-order valence-corrected chi connectivity index (χ3v) is 4.30. The Balaban J connectivity index is 3.17. The van der Waals surface area contributed by atoms with E-state index in [0.29, 0.717) is 15.8 Å². The number of hydrogen-bond donors (Lipinski definition) is 2. The zero-order chi connectivity index (χ0) is 12.5. The van der Waals surface area contributed by atoms with Crippen LogP contribution in [0, 0.1) is 0 Å². The average molecular weight is 373 g/mol. The number of nitrogens with one attached hydrogen (secondary N) is 1. The zero-order valence-corrected chi connectivity index (χ0v) is 12.6. The SMILES string of the molecule is CN(C)S(=O)(=O)Nc1c(N)cc(Br)cc1Br. The van der Waals surface area contributed by atoms with Gasteiger partial charge < -0.3 is 5.73 Å². The number of nitrogens with two attached hydrogens (primary N) is 1. The van der Waals surface area contributed by atoms with Crippen molar-refractivity contribution < 1.29 is 8.42 Å². The number of hydrogen-bond acceptors (Lipinski definition) is 3. The average Bonchev–Trinajstić information content (AvgIpc) is 2.11. The lowest BCUT2D eigenvalue weighted by molar-refractivity contribution is 0.527. The van der Waals surface area contributed by atoms with Crippen LogP contribution < -0.4 is 10.5 Å². The maximum atomic E-state index is 11.6. The smallest absolute Gasteiger partial charge is 0.301 e. The molecule has 0 bridgehead atoms. The van der Waals surface area contributed by atoms with E-state index in [0.717, 1.165) is 8.78 Å². The van der Waals surface area contributed by atoms with Gasteiger partial charge in [-0.05, 0) is 28.1 Å². The van der Waals surface area contributed by atoms with Crippen molar-refractivity contribution in [2.75, 3.05) is 24.6 Å². The summed E-state index contributed by atoms with van der Waals surface area (Å²) in [6.45, 7) is 0. The standard InChI is InChI=1S/C8H11Br2N3O2S/c1-13(2)16(14,15)12-8-6(10)3-5(9)4-7(8)11/h3-4,12H,11H2,1-2H3. The molecule has 1 aromatic rings. The van der Waals surface area contributed by atoms with Gasteiger partial charge in [-0.1, -0.05) is 15.9 Å². The third-order valence-electron chi connectivity index (χ3n) is 1.80. The Morgan fingerprint density at radius 1 is 1.31 bits per heavy atom. The Kier molecular flexibility index (Phi) is 4.22. The van der Waals surface area contributed by atoms with Gasteiger partial charge in [0.25, 0.3) is 0 Å². The lowest BCUT2D eigenvalue weighted by Gasteiger charge is -2.16. The van der Waals surface area contributed by atoms with Gasteiger partial charge in [-0.2, -0.15) is 12.7 Å². The molecule has 5 nitrogen and oxygen atoms in total. The van der Waals surface area contributed by atoms with Gasteiger partial charge in [0.15, 0.2) is 0 Å². The van der Waals surface area contributed by atoms with E-state index < -0.39 is 10.2 Å². The van der Waals surface area contributed by atoms with Crippen molar-refractivity contribution in [1.29, 1.82) is 0 Å². The zero-order valence-electron chi connectivity index (χ0n) is 8.66. The van der Waals surface area contributed by atoms with Crippen LogP contribution >= 0.6 is 31.9 Å². The first-order valence-corrected chi connectivity index (χ1v) is 7.21. The molecule has 0 aromatic heterocycles. The Morgan fingerprint density at radius 2 is 1.88 bits per heavy atom. The molecule has 90 valence electrons. The molecule has 0 saturated heterocycles. The summed E-state index contributed by atoms with van der Waals surface area (Å²) in [4.78, 5) is 0. The molecule has 0 saturated carbocycles. The van der Waals surface area contributed by atoms with E-state index in [2.05, 4.69) is 36.6 Å². The van der Waals surface area contributed by atoms with E-state index in [1.807, 2.05) is 0 Å². The summed E-state index contributed by atoms with van der Waals surface area (Å²) in [5.41, 5.74) is 6.39. The van der Waals surface area contributed by atoms with Crippen molar-refractivity contribution in [3.05, 3.63) is 21.1 Å². The second kappa shape index (κ2) is 4.91. The van der Waals surface area contributed by atoms with E-state index in [4.69, 9.17) is 5.73 Å². The van der Waals surface area contributed by atoms with Gasteiger partial charge in [-0.3, -0.25) is 4.72 Å². The highest BCUT2D eigenvalue weighted by molar-refractivity contribution is 9.11. The Bertz CT molecular complexity index is 479. The topological polar surface area (TPSA) is 75.4 Å². The predicted molar refractivity (Wildman–Crippen MR) is 72.5 cm³/mol. The molecular formula is C8H11Br2N3O2S. The van der Waals surface area contributed by atoms with Gasteiger partial charge in [0.1, 0.15) is 0 Å². The number of nitrogen functional groups attached to an aromatic ring is 1. The fourth-order valence-electron chi connectivity index (χ4n) is 0.921. The largest absolute Gasteiger partial charge is 0.397 e. The Hall–Kier alpha value is -0.310. The molecule has 0 spiro atoms. The molecule has 16 heavy (non-hydrogen) atoms. The van der Waals surface area contributed by atoms with Crippen LogP contribution in [-0.2, 0) is 10.2 Å². The minimum atomic E-state index is -3.55. The van der Waals surface area contributed by atoms with Crippen molar-refractivity contribution in [2.45, 2.75) is 0 Å². The van der Waals surface area contributed by atoms with E-state index in [1.54, 1.807) is 12.1 Å². The number of rotatable bonds is 3. The third kappa shape index (κ3) is 3.09. The molecule has 0 fully saturated rings. The second-order valence-electron chi connectivity index (χ2n) is 3.24. The first-order valence-electron chi connectivity index (χ1n) is 4.19. The van der Waals surface area contributed by atoms with Crippen molar-refractivity contribution in [3.63, 3.8) is 0 Å². The van der Waals surface area contributed by atoms with Crippen molar-refractivity contribution in [1.82, 2.24) is 4.31 Å². The fourth-order valence-corrected chi connectivity index (χ4v) is 3.08. The van der Waals surface area contributed by atoms with Crippen LogP contribution in [0.1, 0.15) is 0 Å². The van der Waals surface area contributed by atoms with E-state index in [9.17, 15) is 8.42 Å². The number of halogens is 2. The van der Waals surface area contributed by atoms with Crippen molar-refractivity contribution in [3.8, 4) is 0 Å². The molecule has 0 heterocycles. The summed E-state index contributed by atoms with van der Waals surface area (Å²) < 4.78 is 28.0. The molecule has 8 heteroatoms. The number of anilines is 2. The predicted octanol–water partition coefficient (Wildman–Crippen LogP) is 2.01. The number of nitrogens with zero attached hydrogens (tertiary/aromatic N) is 1. The minimum absolute atomic E-state index is 0.330. The van der Waals surface area contributed by atoms with Crippen LogP contribution in [0.15, 0.2) is 21.1 Å². The Morgan fingerprint density at radius 3 is 2.31 bits per heavy atom. The highest BCUT2D eigenvalue weighted by Gasteiger charge is 2.17. The maximum absolute atomic E-state index is 11.6.